The van der Waals surface area contributed by atoms with Crippen molar-refractivity contribution in [3.63, 3.8) is 0 Å². The average Bonchev–Trinajstić information content (AvgIpc) is 2.85. The summed E-state index contributed by atoms with van der Waals surface area (Å²) in [5.41, 5.74) is 2.02. The lowest BCUT2D eigenvalue weighted by Crippen LogP contribution is -2.01. The molecule has 0 aliphatic rings. The number of ether oxygens (including phenoxy) is 1. The van der Waals surface area contributed by atoms with E-state index < -0.39 is 0 Å². The van der Waals surface area contributed by atoms with E-state index in [2.05, 4.69) is 16.9 Å². The van der Waals surface area contributed by atoms with E-state index in [9.17, 15) is 4.79 Å². The number of carbonyl (C=O) groups is 1. The molecule has 0 amide bonds. The zero-order valence-corrected chi connectivity index (χ0v) is 11.2. The molecule has 0 radical (unpaired) electrons. The Morgan fingerprint density at radius 3 is 2.89 bits per heavy atom. The highest BCUT2D eigenvalue weighted by Gasteiger charge is 2.06. The number of hydrogen-bond donors (Lipinski definition) is 0. The van der Waals surface area contributed by atoms with Gasteiger partial charge in [-0.2, -0.15) is 0 Å². The van der Waals surface area contributed by atoms with Gasteiger partial charge in [0.05, 0.1) is 10.7 Å². The molecular weight excluding hydrogens is 248 g/mol. The third-order valence-corrected chi connectivity index (χ3v) is 3.46. The summed E-state index contributed by atoms with van der Waals surface area (Å²) < 4.78 is 5.58. The zero-order chi connectivity index (χ0) is 13.0. The van der Waals surface area contributed by atoms with Crippen molar-refractivity contribution in [3.8, 4) is 5.75 Å². The van der Waals surface area contributed by atoms with Gasteiger partial charge >= 0.3 is 0 Å². The highest BCUT2D eigenvalue weighted by atomic mass is 32.1. The molecule has 0 atom stereocenters. The monoisotopic (exact) mass is 262 g/mol. The van der Waals surface area contributed by atoms with Gasteiger partial charge in [0.25, 0.3) is 0 Å². The molecule has 94 valence electrons. The Hall–Kier alpha value is -1.75. The first-order chi connectivity index (χ1) is 8.72. The maximum Gasteiger partial charge on any atom is 0.172 e. The third kappa shape index (κ3) is 2.92. The molecule has 18 heavy (non-hydrogen) atoms. The summed E-state index contributed by atoms with van der Waals surface area (Å²) in [5, 5.41) is 3.06. The van der Waals surface area contributed by atoms with Crippen LogP contribution in [0.1, 0.15) is 33.8 Å². The van der Waals surface area contributed by atoms with Gasteiger partial charge in [-0.15, -0.1) is 11.3 Å². The fourth-order valence-corrected chi connectivity index (χ4v) is 2.23. The van der Waals surface area contributed by atoms with Crippen molar-refractivity contribution in [1.29, 1.82) is 0 Å². The number of rotatable bonds is 5. The van der Waals surface area contributed by atoms with Gasteiger partial charge in [0.1, 0.15) is 18.1 Å². The lowest BCUT2D eigenvalue weighted by Gasteiger charge is -2.06. The lowest BCUT2D eigenvalue weighted by atomic mass is 10.3. The van der Waals surface area contributed by atoms with Gasteiger partial charge in [-0.3, -0.25) is 4.79 Å². The Bertz CT molecular complexity index is 552. The molecule has 2 heterocycles. The first-order valence-electron chi connectivity index (χ1n) is 5.72. The van der Waals surface area contributed by atoms with Crippen molar-refractivity contribution in [2.45, 2.75) is 26.9 Å². The molecular formula is C13H14N2O2S. The number of carbonyl (C=O) groups excluding carboxylic acids is 1. The van der Waals surface area contributed by atoms with Crippen LogP contribution in [0, 0.1) is 6.92 Å². The second-order valence-electron chi connectivity index (χ2n) is 3.83. The Kier molecular flexibility index (Phi) is 4.04. The fourth-order valence-electron chi connectivity index (χ4n) is 1.50. The van der Waals surface area contributed by atoms with E-state index in [-0.39, 0.29) is 0 Å². The van der Waals surface area contributed by atoms with Crippen molar-refractivity contribution in [2.75, 3.05) is 0 Å². The number of nitrogens with zero attached hydrogens (tertiary/aromatic N) is 2. The van der Waals surface area contributed by atoms with Gasteiger partial charge in [-0.25, -0.2) is 9.97 Å². The number of hydrogen-bond acceptors (Lipinski definition) is 5. The molecule has 2 rings (SSSR count). The molecule has 0 saturated carbocycles. The third-order valence-electron chi connectivity index (χ3n) is 2.41. The summed E-state index contributed by atoms with van der Waals surface area (Å²) in [7, 11) is 0. The number of aldehydes is 1. The Morgan fingerprint density at radius 2 is 2.22 bits per heavy atom. The maximum absolute atomic E-state index is 10.9. The maximum atomic E-state index is 10.9. The molecule has 0 aliphatic carbocycles. The summed E-state index contributed by atoms with van der Waals surface area (Å²) in [4.78, 5) is 19.4. The lowest BCUT2D eigenvalue weighted by molar-refractivity contribution is 0.111. The van der Waals surface area contributed by atoms with E-state index in [0.717, 1.165) is 22.8 Å². The minimum absolute atomic E-state index is 0.334. The first kappa shape index (κ1) is 12.7. The Labute approximate surface area is 110 Å². The van der Waals surface area contributed by atoms with Crippen LogP contribution in [0.4, 0.5) is 0 Å². The van der Waals surface area contributed by atoms with Crippen LogP contribution < -0.4 is 4.74 Å². The molecule has 0 unspecified atom stereocenters. The van der Waals surface area contributed by atoms with Gasteiger partial charge in [0, 0.05) is 11.1 Å². The summed E-state index contributed by atoms with van der Waals surface area (Å²) in [6, 6.07) is 3.58. The highest BCUT2D eigenvalue weighted by molar-refractivity contribution is 7.09. The minimum atomic E-state index is 0.334. The largest absolute Gasteiger partial charge is 0.485 e. The standard InChI is InChI=1S/C13H14N2O2S/c1-3-13-15-10(8-18-13)7-17-12-5-4-9(2)14-11(12)6-16/h4-6,8H,3,7H2,1-2H3. The van der Waals surface area contributed by atoms with E-state index in [1.807, 2.05) is 18.4 Å². The van der Waals surface area contributed by atoms with Crippen molar-refractivity contribution in [3.05, 3.63) is 39.6 Å². The van der Waals surface area contributed by atoms with Crippen LogP contribution in [0.2, 0.25) is 0 Å². The molecule has 0 aromatic carbocycles. The molecule has 0 spiro atoms. The van der Waals surface area contributed by atoms with Gasteiger partial charge in [0.15, 0.2) is 6.29 Å². The molecule has 2 aromatic heterocycles. The molecule has 0 bridgehead atoms. The smallest absolute Gasteiger partial charge is 0.172 e. The van der Waals surface area contributed by atoms with Crippen LogP contribution in [-0.4, -0.2) is 16.3 Å². The van der Waals surface area contributed by atoms with Gasteiger partial charge in [-0.1, -0.05) is 6.92 Å². The molecule has 0 N–H and O–H groups in total. The minimum Gasteiger partial charge on any atom is -0.485 e. The Balaban J connectivity index is 2.07. The summed E-state index contributed by atoms with van der Waals surface area (Å²) in [6.07, 6.45) is 1.64. The van der Waals surface area contributed by atoms with Gasteiger partial charge < -0.3 is 4.74 Å². The van der Waals surface area contributed by atoms with Crippen molar-refractivity contribution < 1.29 is 9.53 Å². The van der Waals surface area contributed by atoms with Crippen LogP contribution in [-0.2, 0) is 13.0 Å². The zero-order valence-electron chi connectivity index (χ0n) is 10.3. The highest BCUT2D eigenvalue weighted by Crippen LogP contribution is 2.18. The summed E-state index contributed by atoms with van der Waals surface area (Å²) >= 11 is 1.62. The van der Waals surface area contributed by atoms with Crippen LogP contribution in [0.5, 0.6) is 5.75 Å². The van der Waals surface area contributed by atoms with Gasteiger partial charge in [0.2, 0.25) is 0 Å². The second kappa shape index (κ2) is 5.73. The van der Waals surface area contributed by atoms with E-state index in [4.69, 9.17) is 4.74 Å². The van der Waals surface area contributed by atoms with Crippen LogP contribution in [0.15, 0.2) is 17.5 Å². The molecule has 5 heteroatoms. The summed E-state index contributed by atoms with van der Waals surface area (Å²) in [5.74, 6) is 0.502. The van der Waals surface area contributed by atoms with Gasteiger partial charge in [-0.05, 0) is 25.5 Å². The molecule has 0 saturated heterocycles. The quantitative estimate of drug-likeness (QED) is 0.777. The predicted octanol–water partition coefficient (Wildman–Crippen LogP) is 2.80. The molecule has 4 nitrogen and oxygen atoms in total. The average molecular weight is 262 g/mol. The number of aryl methyl sites for hydroxylation is 2. The SMILES string of the molecule is CCc1nc(COc2ccc(C)nc2C=O)cs1. The molecule has 2 aromatic rings. The van der Waals surface area contributed by atoms with Crippen LogP contribution in [0.3, 0.4) is 0 Å². The predicted molar refractivity (Wildman–Crippen MR) is 70.2 cm³/mol. The molecule has 0 fully saturated rings. The normalized spacial score (nSPS) is 10.3. The van der Waals surface area contributed by atoms with Crippen LogP contribution >= 0.6 is 11.3 Å². The number of pyridine rings is 1. The Morgan fingerprint density at radius 1 is 1.39 bits per heavy atom. The second-order valence-corrected chi connectivity index (χ2v) is 4.77. The van der Waals surface area contributed by atoms with Crippen LogP contribution in [0.25, 0.3) is 0 Å². The first-order valence-corrected chi connectivity index (χ1v) is 6.59. The van der Waals surface area contributed by atoms with E-state index in [1.54, 1.807) is 17.4 Å². The number of thiazole rings is 1. The van der Waals surface area contributed by atoms with E-state index in [0.29, 0.717) is 24.3 Å². The van der Waals surface area contributed by atoms with Crippen molar-refractivity contribution >= 4 is 17.6 Å². The van der Waals surface area contributed by atoms with Crippen molar-refractivity contribution in [2.24, 2.45) is 0 Å². The topological polar surface area (TPSA) is 52.1 Å². The number of aromatic nitrogens is 2. The van der Waals surface area contributed by atoms with E-state index >= 15 is 0 Å². The van der Waals surface area contributed by atoms with E-state index in [1.165, 1.54) is 0 Å². The fraction of sp³-hybridized carbons (Fsp3) is 0.308. The molecule has 0 aliphatic heterocycles. The summed E-state index contributed by atoms with van der Waals surface area (Å²) in [6.45, 7) is 4.27. The van der Waals surface area contributed by atoms with Crippen molar-refractivity contribution in [1.82, 2.24) is 9.97 Å².